The first kappa shape index (κ1) is 14.0. The van der Waals surface area contributed by atoms with E-state index in [1.165, 1.54) is 13.2 Å². The summed E-state index contributed by atoms with van der Waals surface area (Å²) in [6.45, 7) is 3.80. The third-order valence-electron chi connectivity index (χ3n) is 3.27. The Kier molecular flexibility index (Phi) is 3.46. The summed E-state index contributed by atoms with van der Waals surface area (Å²) in [6.07, 6.45) is 3.05. The number of ether oxygens (including phenoxy) is 3. The van der Waals surface area contributed by atoms with Crippen LogP contribution < -0.4 is 19.5 Å². The Bertz CT molecular complexity index is 695. The summed E-state index contributed by atoms with van der Waals surface area (Å²) < 4.78 is 15.9. The van der Waals surface area contributed by atoms with Gasteiger partial charge in [-0.2, -0.15) is 0 Å². The van der Waals surface area contributed by atoms with Gasteiger partial charge in [0.15, 0.2) is 11.5 Å². The van der Waals surface area contributed by atoms with Crippen LogP contribution in [0.3, 0.4) is 0 Å². The van der Waals surface area contributed by atoms with E-state index >= 15 is 0 Å². The number of urea groups is 1. The molecule has 0 bridgehead atoms. The molecule has 2 aliphatic heterocycles. The van der Waals surface area contributed by atoms with Crippen LogP contribution in [-0.4, -0.2) is 37.3 Å². The Morgan fingerprint density at radius 3 is 2.95 bits per heavy atom. The predicted octanol–water partition coefficient (Wildman–Crippen LogP) is 1.50. The maximum Gasteiger partial charge on any atom is 0.329 e. The summed E-state index contributed by atoms with van der Waals surface area (Å²) in [4.78, 5) is 24.9. The van der Waals surface area contributed by atoms with Gasteiger partial charge in [-0.25, -0.2) is 4.79 Å². The van der Waals surface area contributed by atoms with Gasteiger partial charge in [-0.05, 0) is 23.8 Å². The summed E-state index contributed by atoms with van der Waals surface area (Å²) in [7, 11) is 1.52. The molecule has 0 radical (unpaired) electrons. The zero-order valence-corrected chi connectivity index (χ0v) is 11.9. The highest BCUT2D eigenvalue weighted by Crippen LogP contribution is 2.42. The second kappa shape index (κ2) is 5.44. The van der Waals surface area contributed by atoms with Gasteiger partial charge >= 0.3 is 6.03 Å². The average molecular weight is 302 g/mol. The third kappa shape index (κ3) is 2.26. The van der Waals surface area contributed by atoms with Gasteiger partial charge in [-0.1, -0.05) is 6.08 Å². The number of amides is 3. The second-order valence-corrected chi connectivity index (χ2v) is 4.65. The van der Waals surface area contributed by atoms with E-state index in [1.54, 1.807) is 18.2 Å². The highest BCUT2D eigenvalue weighted by Gasteiger charge is 2.32. The van der Waals surface area contributed by atoms with Crippen LogP contribution in [0.15, 0.2) is 30.5 Å². The molecule has 1 aromatic carbocycles. The van der Waals surface area contributed by atoms with Crippen LogP contribution in [-0.2, 0) is 4.79 Å². The van der Waals surface area contributed by atoms with Crippen LogP contribution in [0.5, 0.6) is 17.2 Å². The van der Waals surface area contributed by atoms with Crippen LogP contribution >= 0.6 is 0 Å². The van der Waals surface area contributed by atoms with Gasteiger partial charge in [-0.15, -0.1) is 6.58 Å². The number of nitrogens with zero attached hydrogens (tertiary/aromatic N) is 1. The fourth-order valence-corrected chi connectivity index (χ4v) is 2.27. The Morgan fingerprint density at radius 2 is 2.23 bits per heavy atom. The Labute approximate surface area is 126 Å². The molecule has 1 fully saturated rings. The number of fused-ring (bicyclic) bond motifs is 1. The van der Waals surface area contributed by atoms with Gasteiger partial charge in [0.1, 0.15) is 5.70 Å². The molecule has 3 amide bonds. The van der Waals surface area contributed by atoms with Crippen molar-refractivity contribution in [2.45, 2.75) is 0 Å². The number of methoxy groups -OCH3 is 1. The maximum absolute atomic E-state index is 12.1. The number of rotatable bonds is 4. The molecular weight excluding hydrogens is 288 g/mol. The Balaban J connectivity index is 1.94. The van der Waals surface area contributed by atoms with Gasteiger partial charge in [0, 0.05) is 6.54 Å². The molecule has 0 saturated carbocycles. The van der Waals surface area contributed by atoms with Crippen LogP contribution in [0.1, 0.15) is 5.56 Å². The topological polar surface area (TPSA) is 77.1 Å². The first-order valence-corrected chi connectivity index (χ1v) is 6.57. The molecule has 1 saturated heterocycles. The van der Waals surface area contributed by atoms with Crippen LogP contribution in [0.2, 0.25) is 0 Å². The van der Waals surface area contributed by atoms with E-state index in [0.717, 1.165) is 4.90 Å². The average Bonchev–Trinajstić information content (AvgIpc) is 3.07. The van der Waals surface area contributed by atoms with Crippen molar-refractivity contribution in [3.05, 3.63) is 36.0 Å². The lowest BCUT2D eigenvalue weighted by Crippen LogP contribution is -2.30. The Morgan fingerprint density at radius 1 is 1.41 bits per heavy atom. The fraction of sp³-hybridized carbons (Fsp3) is 0.200. The molecule has 22 heavy (non-hydrogen) atoms. The lowest BCUT2D eigenvalue weighted by molar-refractivity contribution is -0.122. The zero-order valence-electron chi connectivity index (χ0n) is 11.9. The zero-order chi connectivity index (χ0) is 15.7. The number of hydrogen-bond acceptors (Lipinski definition) is 5. The second-order valence-electron chi connectivity index (χ2n) is 4.65. The summed E-state index contributed by atoms with van der Waals surface area (Å²) in [5.41, 5.74) is 0.845. The lowest BCUT2D eigenvalue weighted by atomic mass is 10.1. The van der Waals surface area contributed by atoms with E-state index in [9.17, 15) is 9.59 Å². The smallest absolute Gasteiger partial charge is 0.329 e. The molecule has 0 spiro atoms. The molecule has 0 aliphatic carbocycles. The van der Waals surface area contributed by atoms with Crippen molar-refractivity contribution >= 4 is 18.0 Å². The van der Waals surface area contributed by atoms with E-state index in [0.29, 0.717) is 22.8 Å². The van der Waals surface area contributed by atoms with Crippen molar-refractivity contribution in [3.63, 3.8) is 0 Å². The van der Waals surface area contributed by atoms with Gasteiger partial charge < -0.3 is 19.5 Å². The third-order valence-corrected chi connectivity index (χ3v) is 3.27. The minimum Gasteiger partial charge on any atom is -0.493 e. The van der Waals surface area contributed by atoms with Crippen molar-refractivity contribution in [3.8, 4) is 17.2 Å². The molecule has 7 nitrogen and oxygen atoms in total. The summed E-state index contributed by atoms with van der Waals surface area (Å²) in [6, 6.07) is 2.95. The molecule has 2 aliphatic rings. The van der Waals surface area contributed by atoms with Crippen LogP contribution in [0.4, 0.5) is 4.79 Å². The number of hydrogen-bond donors (Lipinski definition) is 1. The molecule has 1 N–H and O–H groups in total. The molecule has 114 valence electrons. The number of imide groups is 1. The monoisotopic (exact) mass is 302 g/mol. The van der Waals surface area contributed by atoms with Gasteiger partial charge in [0.2, 0.25) is 12.5 Å². The first-order chi connectivity index (χ1) is 10.6. The van der Waals surface area contributed by atoms with E-state index in [1.807, 2.05) is 0 Å². The molecule has 1 aromatic rings. The standard InChI is InChI=1S/C15H14N2O5/c1-3-4-17-14(18)10(16-15(17)19)5-9-6-11(20-2)13-12(7-9)21-8-22-13/h3,5-7H,1,4,8H2,2H3,(H,16,19)/b10-5+. The van der Waals surface area contributed by atoms with Crippen LogP contribution in [0, 0.1) is 0 Å². The number of benzene rings is 1. The van der Waals surface area contributed by atoms with Crippen molar-refractivity contribution < 1.29 is 23.8 Å². The van der Waals surface area contributed by atoms with Crippen molar-refractivity contribution in [1.82, 2.24) is 10.2 Å². The highest BCUT2D eigenvalue weighted by atomic mass is 16.7. The molecule has 2 heterocycles. The fourth-order valence-electron chi connectivity index (χ4n) is 2.27. The van der Waals surface area contributed by atoms with Crippen molar-refractivity contribution in [2.24, 2.45) is 0 Å². The van der Waals surface area contributed by atoms with Crippen molar-refractivity contribution in [1.29, 1.82) is 0 Å². The van der Waals surface area contributed by atoms with Gasteiger partial charge in [-0.3, -0.25) is 9.69 Å². The summed E-state index contributed by atoms with van der Waals surface area (Å²) >= 11 is 0. The SMILES string of the molecule is C=CCN1C(=O)N/C(=C/c2cc(OC)c3c(c2)OCO3)C1=O. The molecule has 7 heteroatoms. The first-order valence-electron chi connectivity index (χ1n) is 6.57. The molecule has 3 rings (SSSR count). The number of nitrogens with one attached hydrogen (secondary N) is 1. The quantitative estimate of drug-likeness (QED) is 0.518. The van der Waals surface area contributed by atoms with E-state index in [2.05, 4.69) is 11.9 Å². The predicted molar refractivity (Wildman–Crippen MR) is 77.5 cm³/mol. The highest BCUT2D eigenvalue weighted by molar-refractivity contribution is 6.14. The molecule has 0 atom stereocenters. The summed E-state index contributed by atoms with van der Waals surface area (Å²) in [5, 5.41) is 2.53. The minimum atomic E-state index is -0.469. The Hall–Kier alpha value is -2.96. The lowest BCUT2D eigenvalue weighted by Gasteiger charge is -2.07. The van der Waals surface area contributed by atoms with Gasteiger partial charge in [0.25, 0.3) is 5.91 Å². The number of carbonyl (C=O) groups excluding carboxylic acids is 2. The molecular formula is C15H14N2O5. The minimum absolute atomic E-state index is 0.120. The molecule has 0 aromatic heterocycles. The normalized spacial score (nSPS) is 17.9. The largest absolute Gasteiger partial charge is 0.493 e. The van der Waals surface area contributed by atoms with E-state index in [4.69, 9.17) is 14.2 Å². The van der Waals surface area contributed by atoms with Gasteiger partial charge in [0.05, 0.1) is 7.11 Å². The van der Waals surface area contributed by atoms with E-state index in [-0.39, 0.29) is 19.0 Å². The molecule has 0 unspecified atom stereocenters. The van der Waals surface area contributed by atoms with Crippen molar-refractivity contribution in [2.75, 3.05) is 20.4 Å². The van der Waals surface area contributed by atoms with E-state index < -0.39 is 11.9 Å². The number of carbonyl (C=O) groups is 2. The summed E-state index contributed by atoms with van der Waals surface area (Å²) in [5.74, 6) is 1.16. The van der Waals surface area contributed by atoms with Crippen LogP contribution in [0.25, 0.3) is 6.08 Å². The maximum atomic E-state index is 12.1.